The number of aryl methyl sites for hydroxylation is 1. The SMILES string of the molecule is C=Cn1ccc(Nc2cc(N3CCCCC3)nc(C)n2)cc1=NC.[HH]. The normalized spacial score (nSPS) is 15.4. The van der Waals surface area contributed by atoms with Crippen molar-refractivity contribution in [1.29, 1.82) is 0 Å². The van der Waals surface area contributed by atoms with Gasteiger partial charge in [0.05, 0.1) is 0 Å². The third-order valence-electron chi connectivity index (χ3n) is 4.17. The summed E-state index contributed by atoms with van der Waals surface area (Å²) in [6.07, 6.45) is 7.43. The number of pyridine rings is 1. The molecule has 2 aromatic heterocycles. The predicted molar refractivity (Wildman–Crippen MR) is 101 cm³/mol. The Hall–Kier alpha value is -2.63. The summed E-state index contributed by atoms with van der Waals surface area (Å²) in [4.78, 5) is 15.7. The van der Waals surface area contributed by atoms with Crippen LogP contribution in [0.3, 0.4) is 0 Å². The molecule has 2 aromatic rings. The molecule has 1 fully saturated rings. The van der Waals surface area contributed by atoms with Crippen LogP contribution in [0.5, 0.6) is 0 Å². The number of nitrogens with one attached hydrogen (secondary N) is 1. The summed E-state index contributed by atoms with van der Waals surface area (Å²) >= 11 is 0. The first-order chi connectivity index (χ1) is 11.7. The zero-order valence-corrected chi connectivity index (χ0v) is 14.4. The largest absolute Gasteiger partial charge is 0.356 e. The molecule has 0 spiro atoms. The molecule has 0 aromatic carbocycles. The second kappa shape index (κ2) is 7.29. The van der Waals surface area contributed by atoms with Gasteiger partial charge < -0.3 is 14.8 Å². The van der Waals surface area contributed by atoms with E-state index in [-0.39, 0.29) is 1.43 Å². The molecule has 128 valence electrons. The average Bonchev–Trinajstić information content (AvgIpc) is 2.62. The van der Waals surface area contributed by atoms with Gasteiger partial charge in [-0.05, 0) is 32.3 Å². The summed E-state index contributed by atoms with van der Waals surface area (Å²) in [6, 6.07) is 5.98. The summed E-state index contributed by atoms with van der Waals surface area (Å²) in [5, 5.41) is 3.36. The van der Waals surface area contributed by atoms with Crippen LogP contribution >= 0.6 is 0 Å². The van der Waals surface area contributed by atoms with Crippen molar-refractivity contribution >= 4 is 23.5 Å². The Bertz CT molecular complexity index is 792. The molecule has 0 bridgehead atoms. The third-order valence-corrected chi connectivity index (χ3v) is 4.17. The molecule has 6 nitrogen and oxygen atoms in total. The minimum Gasteiger partial charge on any atom is -0.356 e. The van der Waals surface area contributed by atoms with Crippen molar-refractivity contribution in [3.8, 4) is 0 Å². The lowest BCUT2D eigenvalue weighted by molar-refractivity contribution is 0.572. The van der Waals surface area contributed by atoms with Gasteiger partial charge in [-0.3, -0.25) is 4.99 Å². The highest BCUT2D eigenvalue weighted by atomic mass is 15.2. The Morgan fingerprint density at radius 1 is 1.25 bits per heavy atom. The van der Waals surface area contributed by atoms with Crippen molar-refractivity contribution in [2.45, 2.75) is 26.2 Å². The number of aromatic nitrogens is 3. The van der Waals surface area contributed by atoms with Gasteiger partial charge >= 0.3 is 0 Å². The Labute approximate surface area is 144 Å². The molecule has 0 unspecified atom stereocenters. The molecule has 0 saturated carbocycles. The molecule has 1 aliphatic heterocycles. The van der Waals surface area contributed by atoms with Crippen molar-refractivity contribution in [3.05, 3.63) is 42.3 Å². The van der Waals surface area contributed by atoms with Gasteiger partial charge in [-0.2, -0.15) is 0 Å². The first kappa shape index (κ1) is 16.2. The molecular formula is C18H26N6. The lowest BCUT2D eigenvalue weighted by Crippen LogP contribution is -2.30. The maximum absolute atomic E-state index is 4.60. The molecular weight excluding hydrogens is 300 g/mol. The number of anilines is 3. The summed E-state index contributed by atoms with van der Waals surface area (Å²) in [6.45, 7) is 7.85. The predicted octanol–water partition coefficient (Wildman–Crippen LogP) is 3.20. The number of piperidine rings is 1. The standard InChI is InChI=1S/C18H24N6.H2/c1-4-23-11-8-15(12-17(23)19-3)22-16-13-18(21-14(2)20-16)24-9-6-5-7-10-24;/h4,8,11-13H,1,5-7,9-10H2,2-3H3,(H,20,21,22);1H. The molecule has 0 amide bonds. The zero-order valence-electron chi connectivity index (χ0n) is 14.4. The second-order valence-electron chi connectivity index (χ2n) is 5.92. The summed E-state index contributed by atoms with van der Waals surface area (Å²) in [7, 11) is 1.77. The van der Waals surface area contributed by atoms with Gasteiger partial charge in [0.15, 0.2) is 0 Å². The zero-order chi connectivity index (χ0) is 16.9. The van der Waals surface area contributed by atoms with E-state index in [9.17, 15) is 0 Å². The van der Waals surface area contributed by atoms with Crippen LogP contribution in [0.1, 0.15) is 26.5 Å². The van der Waals surface area contributed by atoms with Crippen LogP contribution in [0.15, 0.2) is 36.0 Å². The fourth-order valence-corrected chi connectivity index (χ4v) is 2.96. The molecule has 3 rings (SSSR count). The van der Waals surface area contributed by atoms with E-state index in [2.05, 4.69) is 31.8 Å². The summed E-state index contributed by atoms with van der Waals surface area (Å²) in [5.41, 5.74) is 1.77. The Kier molecular flexibility index (Phi) is 4.93. The Balaban J connectivity index is 0.00000225. The van der Waals surface area contributed by atoms with Gasteiger partial charge in [-0.25, -0.2) is 9.97 Å². The van der Waals surface area contributed by atoms with Gasteiger partial charge in [0, 0.05) is 51.8 Å². The van der Waals surface area contributed by atoms with Crippen molar-refractivity contribution in [2.75, 3.05) is 30.4 Å². The van der Waals surface area contributed by atoms with Crippen LogP contribution in [0.25, 0.3) is 6.20 Å². The smallest absolute Gasteiger partial charge is 0.136 e. The minimum atomic E-state index is 0. The second-order valence-corrected chi connectivity index (χ2v) is 5.92. The summed E-state index contributed by atoms with van der Waals surface area (Å²) < 4.78 is 1.87. The Morgan fingerprint density at radius 3 is 2.75 bits per heavy atom. The van der Waals surface area contributed by atoms with Crippen LogP contribution in [-0.4, -0.2) is 34.7 Å². The molecule has 24 heavy (non-hydrogen) atoms. The van der Waals surface area contributed by atoms with Crippen molar-refractivity contribution in [2.24, 2.45) is 4.99 Å². The van der Waals surface area contributed by atoms with Crippen molar-refractivity contribution in [3.63, 3.8) is 0 Å². The van der Waals surface area contributed by atoms with E-state index in [4.69, 9.17) is 0 Å². The number of nitrogens with zero attached hydrogens (tertiary/aromatic N) is 5. The Morgan fingerprint density at radius 2 is 2.04 bits per heavy atom. The van der Waals surface area contributed by atoms with Gasteiger partial charge in [0.2, 0.25) is 0 Å². The minimum absolute atomic E-state index is 0. The first-order valence-electron chi connectivity index (χ1n) is 8.35. The highest BCUT2D eigenvalue weighted by molar-refractivity contribution is 5.59. The maximum atomic E-state index is 4.60. The van der Waals surface area contributed by atoms with Crippen LogP contribution in [0.2, 0.25) is 0 Å². The van der Waals surface area contributed by atoms with Crippen LogP contribution in [0.4, 0.5) is 17.3 Å². The summed E-state index contributed by atoms with van der Waals surface area (Å²) in [5.74, 6) is 2.58. The van der Waals surface area contributed by atoms with Crippen molar-refractivity contribution in [1.82, 2.24) is 14.5 Å². The third kappa shape index (κ3) is 3.64. The van der Waals surface area contributed by atoms with Gasteiger partial charge in [0.25, 0.3) is 0 Å². The molecule has 1 aliphatic rings. The van der Waals surface area contributed by atoms with Gasteiger partial charge in [-0.1, -0.05) is 6.58 Å². The fourth-order valence-electron chi connectivity index (χ4n) is 2.96. The molecule has 0 atom stereocenters. The van der Waals surface area contributed by atoms with Crippen LogP contribution in [0, 0.1) is 6.92 Å². The van der Waals surface area contributed by atoms with Crippen molar-refractivity contribution < 1.29 is 1.43 Å². The maximum Gasteiger partial charge on any atom is 0.136 e. The lowest BCUT2D eigenvalue weighted by Gasteiger charge is -2.28. The van der Waals surface area contributed by atoms with E-state index in [1.807, 2.05) is 35.9 Å². The first-order valence-corrected chi connectivity index (χ1v) is 8.35. The molecule has 6 heteroatoms. The molecule has 0 aliphatic carbocycles. The van der Waals surface area contributed by atoms with E-state index in [1.54, 1.807) is 13.2 Å². The van der Waals surface area contributed by atoms with Crippen LogP contribution < -0.4 is 15.7 Å². The van der Waals surface area contributed by atoms with Gasteiger partial charge in [-0.15, -0.1) is 0 Å². The monoisotopic (exact) mass is 326 g/mol. The fraction of sp³-hybridized carbons (Fsp3) is 0.389. The highest BCUT2D eigenvalue weighted by Crippen LogP contribution is 2.22. The van der Waals surface area contributed by atoms with E-state index >= 15 is 0 Å². The van der Waals surface area contributed by atoms with E-state index in [0.717, 1.165) is 41.7 Å². The van der Waals surface area contributed by atoms with E-state index < -0.39 is 0 Å². The van der Waals surface area contributed by atoms with E-state index in [0.29, 0.717) is 0 Å². The molecule has 0 radical (unpaired) electrons. The van der Waals surface area contributed by atoms with E-state index in [1.165, 1.54) is 19.3 Å². The van der Waals surface area contributed by atoms with Gasteiger partial charge in [0.1, 0.15) is 22.9 Å². The molecule has 1 N–H and O–H groups in total. The highest BCUT2D eigenvalue weighted by Gasteiger charge is 2.14. The number of hydrogen-bond acceptors (Lipinski definition) is 5. The quantitative estimate of drug-likeness (QED) is 0.937. The molecule has 3 heterocycles. The number of rotatable bonds is 4. The lowest BCUT2D eigenvalue weighted by atomic mass is 10.1. The van der Waals surface area contributed by atoms with Crippen LogP contribution in [-0.2, 0) is 0 Å². The number of hydrogen-bond donors (Lipinski definition) is 1. The average molecular weight is 326 g/mol. The topological polar surface area (TPSA) is 58.3 Å². The molecule has 1 saturated heterocycles.